The van der Waals surface area contributed by atoms with E-state index in [1.165, 1.54) is 24.0 Å². The number of carbonyl (C=O) groups excluding carboxylic acids is 1. The first-order chi connectivity index (χ1) is 14.7. The monoisotopic (exact) mass is 403 g/mol. The van der Waals surface area contributed by atoms with Gasteiger partial charge in [0, 0.05) is 49.9 Å². The van der Waals surface area contributed by atoms with Gasteiger partial charge in [-0.1, -0.05) is 43.7 Å². The molecule has 3 fully saturated rings. The van der Waals surface area contributed by atoms with Crippen LogP contribution in [0.25, 0.3) is 11.3 Å². The van der Waals surface area contributed by atoms with E-state index in [2.05, 4.69) is 52.0 Å². The predicted octanol–water partition coefficient (Wildman–Crippen LogP) is 4.75. The van der Waals surface area contributed by atoms with Crippen LogP contribution >= 0.6 is 0 Å². The van der Waals surface area contributed by atoms with E-state index in [1.54, 1.807) is 0 Å². The van der Waals surface area contributed by atoms with Crippen molar-refractivity contribution in [3.8, 4) is 11.3 Å². The molecule has 158 valence electrons. The molecule has 5 rings (SSSR count). The molecule has 0 saturated carbocycles. The number of carbonyl (C=O) groups is 1. The summed E-state index contributed by atoms with van der Waals surface area (Å²) in [5, 5.41) is 0. The number of aromatic nitrogens is 1. The molecule has 30 heavy (non-hydrogen) atoms. The third-order valence-corrected chi connectivity index (χ3v) is 7.48. The van der Waals surface area contributed by atoms with E-state index >= 15 is 0 Å². The Morgan fingerprint density at radius 1 is 1.07 bits per heavy atom. The minimum atomic E-state index is 0.429. The van der Waals surface area contributed by atoms with Crippen LogP contribution in [0.1, 0.15) is 51.0 Å². The molecule has 4 atom stereocenters. The van der Waals surface area contributed by atoms with Crippen molar-refractivity contribution in [2.45, 2.75) is 64.1 Å². The second-order valence-electron chi connectivity index (χ2n) is 9.48. The summed E-state index contributed by atoms with van der Waals surface area (Å²) in [6.45, 7) is 5.53. The van der Waals surface area contributed by atoms with Crippen molar-refractivity contribution in [1.82, 2.24) is 14.8 Å². The third-order valence-electron chi connectivity index (χ3n) is 7.48. The first-order valence-electron chi connectivity index (χ1n) is 11.8. The number of nitrogens with zero attached hydrogens (tertiary/aromatic N) is 3. The van der Waals surface area contributed by atoms with Gasteiger partial charge in [0.05, 0.1) is 5.69 Å². The lowest BCUT2D eigenvalue weighted by Gasteiger charge is -2.57. The summed E-state index contributed by atoms with van der Waals surface area (Å²) in [6.07, 6.45) is 8.53. The number of fused-ring (bicyclic) bond motifs is 4. The van der Waals surface area contributed by atoms with Crippen LogP contribution in [0.15, 0.2) is 48.7 Å². The maximum atomic E-state index is 12.8. The van der Waals surface area contributed by atoms with Crippen molar-refractivity contribution in [1.29, 1.82) is 0 Å². The van der Waals surface area contributed by atoms with E-state index in [0.717, 1.165) is 51.0 Å². The van der Waals surface area contributed by atoms with Crippen molar-refractivity contribution in [2.75, 3.05) is 13.1 Å². The zero-order valence-electron chi connectivity index (χ0n) is 18.0. The highest BCUT2D eigenvalue weighted by Crippen LogP contribution is 2.43. The molecular formula is C26H33N3O. The van der Waals surface area contributed by atoms with E-state index in [9.17, 15) is 4.79 Å². The van der Waals surface area contributed by atoms with Crippen LogP contribution in [-0.4, -0.2) is 45.9 Å². The molecule has 0 radical (unpaired) electrons. The van der Waals surface area contributed by atoms with E-state index in [4.69, 9.17) is 0 Å². The summed E-state index contributed by atoms with van der Waals surface area (Å²) >= 11 is 0. The molecule has 1 aromatic heterocycles. The van der Waals surface area contributed by atoms with Gasteiger partial charge in [0.1, 0.15) is 0 Å². The number of benzene rings is 1. The van der Waals surface area contributed by atoms with Crippen molar-refractivity contribution in [2.24, 2.45) is 11.8 Å². The fraction of sp³-hybridized carbons (Fsp3) is 0.538. The molecule has 3 aliphatic heterocycles. The van der Waals surface area contributed by atoms with Gasteiger partial charge in [-0.05, 0) is 55.2 Å². The quantitative estimate of drug-likeness (QED) is 0.723. The van der Waals surface area contributed by atoms with Crippen LogP contribution < -0.4 is 0 Å². The number of hydrogen-bond acceptors (Lipinski definition) is 3. The zero-order chi connectivity index (χ0) is 20.5. The second-order valence-corrected chi connectivity index (χ2v) is 9.48. The van der Waals surface area contributed by atoms with Gasteiger partial charge in [-0.3, -0.25) is 14.7 Å². The van der Waals surface area contributed by atoms with Crippen LogP contribution in [-0.2, 0) is 11.3 Å². The highest BCUT2D eigenvalue weighted by atomic mass is 16.2. The van der Waals surface area contributed by atoms with Gasteiger partial charge in [-0.15, -0.1) is 0 Å². The molecule has 2 bridgehead atoms. The lowest BCUT2D eigenvalue weighted by Crippen LogP contribution is -2.64. The molecule has 1 aromatic carbocycles. The van der Waals surface area contributed by atoms with Gasteiger partial charge in [-0.25, -0.2) is 0 Å². The van der Waals surface area contributed by atoms with E-state index in [1.807, 2.05) is 18.3 Å². The van der Waals surface area contributed by atoms with Crippen LogP contribution in [0, 0.1) is 11.8 Å². The number of amides is 1. The topological polar surface area (TPSA) is 36.4 Å². The maximum absolute atomic E-state index is 12.8. The molecule has 4 heterocycles. The van der Waals surface area contributed by atoms with Crippen molar-refractivity contribution >= 4 is 5.91 Å². The van der Waals surface area contributed by atoms with Gasteiger partial charge in [0.25, 0.3) is 0 Å². The minimum absolute atomic E-state index is 0.429. The Labute approximate surface area is 180 Å². The normalized spacial score (nSPS) is 29.0. The van der Waals surface area contributed by atoms with E-state index in [-0.39, 0.29) is 0 Å². The highest BCUT2D eigenvalue weighted by Gasteiger charge is 2.48. The standard InChI is InChI=1S/C26H33N3O/c1-2-6-24-21-15-22(25-8-5-9-26(30)29(24)25)18-28(17-21)16-19-10-12-20(13-11-19)23-7-3-4-14-27-23/h3-4,7,10-14,21-22,24-25H,2,5-6,8-9,15-18H2,1H3/t21-,22+,24-,25-/m0/s1. The number of pyridine rings is 1. The number of rotatable bonds is 5. The van der Waals surface area contributed by atoms with Crippen LogP contribution in [0.5, 0.6) is 0 Å². The molecule has 4 nitrogen and oxygen atoms in total. The molecule has 0 N–H and O–H groups in total. The average Bonchev–Trinajstić information content (AvgIpc) is 2.78. The second kappa shape index (κ2) is 8.50. The zero-order valence-corrected chi connectivity index (χ0v) is 18.0. The summed E-state index contributed by atoms with van der Waals surface area (Å²) in [4.78, 5) is 22.2. The highest BCUT2D eigenvalue weighted by molar-refractivity contribution is 5.78. The number of hydrogen-bond donors (Lipinski definition) is 0. The molecular weight excluding hydrogens is 370 g/mol. The molecule has 0 aliphatic carbocycles. The Hall–Kier alpha value is -2.20. The average molecular weight is 404 g/mol. The molecule has 4 heteroatoms. The fourth-order valence-electron chi connectivity index (χ4n) is 6.24. The summed E-state index contributed by atoms with van der Waals surface area (Å²) in [7, 11) is 0. The van der Waals surface area contributed by atoms with Gasteiger partial charge >= 0.3 is 0 Å². The largest absolute Gasteiger partial charge is 0.336 e. The SMILES string of the molecule is CCC[C@H]1[C@H]2C[C@H](CN(Cc3ccc(-c4ccccn4)cc3)C2)[C@@H]2CCCC(=O)N21. The minimum Gasteiger partial charge on any atom is -0.336 e. The Morgan fingerprint density at radius 3 is 2.67 bits per heavy atom. The first kappa shape index (κ1) is 19.7. The molecule has 0 spiro atoms. The Bertz CT molecular complexity index is 866. The van der Waals surface area contributed by atoms with Crippen LogP contribution in [0.4, 0.5) is 0 Å². The van der Waals surface area contributed by atoms with Gasteiger partial charge in [0.2, 0.25) is 5.91 Å². The van der Waals surface area contributed by atoms with E-state index in [0.29, 0.717) is 29.8 Å². The Kier molecular flexibility index (Phi) is 5.60. The lowest BCUT2D eigenvalue weighted by atomic mass is 9.71. The number of piperidine rings is 3. The predicted molar refractivity (Wildman–Crippen MR) is 120 cm³/mol. The van der Waals surface area contributed by atoms with Crippen LogP contribution in [0.3, 0.4) is 0 Å². The summed E-state index contributed by atoms with van der Waals surface area (Å²) in [5.74, 6) is 1.71. The van der Waals surface area contributed by atoms with Crippen LogP contribution in [0.2, 0.25) is 0 Å². The molecule has 0 unspecified atom stereocenters. The maximum Gasteiger partial charge on any atom is 0.223 e. The number of likely N-dealkylation sites (tertiary alicyclic amines) is 1. The fourth-order valence-corrected chi connectivity index (χ4v) is 6.24. The van der Waals surface area contributed by atoms with Crippen molar-refractivity contribution < 1.29 is 4.79 Å². The summed E-state index contributed by atoms with van der Waals surface area (Å²) < 4.78 is 0. The Morgan fingerprint density at radius 2 is 1.90 bits per heavy atom. The van der Waals surface area contributed by atoms with Gasteiger partial charge < -0.3 is 4.90 Å². The smallest absolute Gasteiger partial charge is 0.223 e. The third kappa shape index (κ3) is 3.78. The lowest BCUT2D eigenvalue weighted by molar-refractivity contribution is -0.153. The summed E-state index contributed by atoms with van der Waals surface area (Å²) in [5.41, 5.74) is 3.58. The van der Waals surface area contributed by atoms with Crippen molar-refractivity contribution in [3.63, 3.8) is 0 Å². The molecule has 1 amide bonds. The van der Waals surface area contributed by atoms with Gasteiger partial charge in [-0.2, -0.15) is 0 Å². The molecule has 3 aliphatic rings. The molecule has 2 aromatic rings. The first-order valence-corrected chi connectivity index (χ1v) is 11.8. The molecule has 3 saturated heterocycles. The van der Waals surface area contributed by atoms with E-state index < -0.39 is 0 Å². The Balaban J connectivity index is 1.31. The van der Waals surface area contributed by atoms with Crippen molar-refractivity contribution in [3.05, 3.63) is 54.2 Å². The van der Waals surface area contributed by atoms with Gasteiger partial charge in [0.15, 0.2) is 0 Å². The summed E-state index contributed by atoms with van der Waals surface area (Å²) in [6, 6.07) is 15.9.